The third-order valence-electron chi connectivity index (χ3n) is 7.87. The Kier molecular flexibility index (Phi) is 6.30. The Labute approximate surface area is 197 Å². The van der Waals surface area contributed by atoms with Crippen molar-refractivity contribution in [2.45, 2.75) is 57.8 Å². The summed E-state index contributed by atoms with van der Waals surface area (Å²) in [6.45, 7) is 5.54. The van der Waals surface area contributed by atoms with E-state index >= 15 is 0 Å². The van der Waals surface area contributed by atoms with Crippen LogP contribution in [0.3, 0.4) is 0 Å². The number of hydrogen-bond acceptors (Lipinski definition) is 8. The van der Waals surface area contributed by atoms with Crippen LogP contribution < -0.4 is 11.1 Å². The lowest BCUT2D eigenvalue weighted by Gasteiger charge is -2.48. The molecule has 0 radical (unpaired) electrons. The summed E-state index contributed by atoms with van der Waals surface area (Å²) in [5.74, 6) is -6.46. The lowest BCUT2D eigenvalue weighted by Crippen LogP contribution is -2.63. The standard InChI is InChI=1S/C25H32N2O7/c1-3-11(2)9-27-10-12-4-5-16(28)19-15(12)7-13-6-14-8-17(29)20(24(26)33)23(32)25(14,34)22(31)18(13)21(19)30/h4-5,11,13-14,17,20,27-29,31,34H,3,6-10H2,1-2H3,(H2,26,33)/t11?,13-,14+,17?,20?,25+/m1/s1. The molecule has 3 aliphatic rings. The molecule has 0 spiro atoms. The summed E-state index contributed by atoms with van der Waals surface area (Å²) in [7, 11) is 0. The number of nitrogens with two attached hydrogens (primary N) is 1. The maximum atomic E-state index is 13.5. The number of hydrogen-bond donors (Lipinski definition) is 6. The molecular formula is C25H32N2O7. The molecule has 1 fully saturated rings. The Bertz CT molecular complexity index is 1080. The van der Waals surface area contributed by atoms with Crippen LogP contribution in [0.1, 0.15) is 54.6 Å². The highest BCUT2D eigenvalue weighted by molar-refractivity contribution is 6.15. The number of aromatic hydroxyl groups is 1. The molecule has 1 amide bonds. The van der Waals surface area contributed by atoms with Crippen molar-refractivity contribution >= 4 is 17.5 Å². The van der Waals surface area contributed by atoms with Crippen LogP contribution >= 0.6 is 0 Å². The second-order valence-electron chi connectivity index (χ2n) is 9.98. The second-order valence-corrected chi connectivity index (χ2v) is 9.98. The van der Waals surface area contributed by atoms with Crippen molar-refractivity contribution in [2.75, 3.05) is 6.54 Å². The van der Waals surface area contributed by atoms with Crippen molar-refractivity contribution in [3.63, 3.8) is 0 Å². The van der Waals surface area contributed by atoms with Crippen molar-refractivity contribution in [2.24, 2.45) is 29.4 Å². The van der Waals surface area contributed by atoms with Crippen LogP contribution in [-0.4, -0.2) is 56.1 Å². The number of phenolic OH excluding ortho intramolecular Hbond substituents is 1. The monoisotopic (exact) mass is 472 g/mol. The maximum Gasteiger partial charge on any atom is 0.230 e. The number of benzene rings is 1. The van der Waals surface area contributed by atoms with Crippen molar-refractivity contribution in [3.8, 4) is 5.75 Å². The minimum Gasteiger partial charge on any atom is -0.508 e. The van der Waals surface area contributed by atoms with Gasteiger partial charge in [-0.2, -0.15) is 0 Å². The molecule has 0 saturated heterocycles. The Morgan fingerprint density at radius 3 is 2.62 bits per heavy atom. The fourth-order valence-corrected chi connectivity index (χ4v) is 5.75. The Balaban J connectivity index is 1.75. The average Bonchev–Trinajstić information content (AvgIpc) is 2.77. The van der Waals surface area contributed by atoms with Crippen molar-refractivity contribution in [3.05, 3.63) is 40.2 Å². The largest absolute Gasteiger partial charge is 0.508 e. The van der Waals surface area contributed by atoms with E-state index in [1.807, 2.05) is 0 Å². The van der Waals surface area contributed by atoms with E-state index in [4.69, 9.17) is 5.73 Å². The number of rotatable bonds is 6. The number of allylic oxidation sites excluding steroid dienone is 1. The number of amides is 1. The fourth-order valence-electron chi connectivity index (χ4n) is 5.75. The third kappa shape index (κ3) is 3.62. The number of aliphatic hydroxyl groups is 3. The SMILES string of the molecule is CCC(C)CNCc1ccc(O)c2c1C[C@H]1C[C@H]3CC(O)C(C(N)=O)C(=O)[C@@]3(O)C(O)=C1C2=O. The van der Waals surface area contributed by atoms with Gasteiger partial charge in [0.1, 0.15) is 17.4 Å². The predicted octanol–water partition coefficient (Wildman–Crippen LogP) is 0.881. The summed E-state index contributed by atoms with van der Waals surface area (Å²) in [5, 5.41) is 46.6. The van der Waals surface area contributed by atoms with Gasteiger partial charge in [0.05, 0.1) is 11.7 Å². The highest BCUT2D eigenvalue weighted by atomic mass is 16.3. The molecule has 9 nitrogen and oxygen atoms in total. The molecule has 34 heavy (non-hydrogen) atoms. The van der Waals surface area contributed by atoms with E-state index in [1.165, 1.54) is 6.07 Å². The maximum absolute atomic E-state index is 13.5. The molecule has 3 unspecified atom stereocenters. The number of fused-ring (bicyclic) bond motifs is 3. The minimum absolute atomic E-state index is 0.0532. The number of primary amides is 1. The van der Waals surface area contributed by atoms with Gasteiger partial charge < -0.3 is 31.5 Å². The summed E-state index contributed by atoms with van der Waals surface area (Å²) in [6, 6.07) is 3.20. The molecule has 1 saturated carbocycles. The summed E-state index contributed by atoms with van der Waals surface area (Å²) >= 11 is 0. The van der Waals surface area contributed by atoms with Gasteiger partial charge in [-0.25, -0.2) is 0 Å². The topological polar surface area (TPSA) is 170 Å². The molecule has 7 N–H and O–H groups in total. The first kappa shape index (κ1) is 24.4. The normalized spacial score (nSPS) is 31.5. The molecule has 6 atom stereocenters. The van der Waals surface area contributed by atoms with Crippen LogP contribution in [0.2, 0.25) is 0 Å². The van der Waals surface area contributed by atoms with Crippen LogP contribution in [0, 0.1) is 23.7 Å². The number of aliphatic hydroxyl groups excluding tert-OH is 2. The zero-order valence-electron chi connectivity index (χ0n) is 19.4. The second kappa shape index (κ2) is 8.79. The van der Waals surface area contributed by atoms with Gasteiger partial charge in [-0.1, -0.05) is 26.3 Å². The molecule has 3 aliphatic carbocycles. The molecule has 184 valence electrons. The molecule has 0 bridgehead atoms. The fraction of sp³-hybridized carbons (Fsp3) is 0.560. The Morgan fingerprint density at radius 2 is 1.97 bits per heavy atom. The van der Waals surface area contributed by atoms with Gasteiger partial charge in [0.25, 0.3) is 0 Å². The molecule has 0 aromatic heterocycles. The first-order chi connectivity index (χ1) is 16.0. The molecule has 9 heteroatoms. The van der Waals surface area contributed by atoms with Crippen molar-refractivity contribution in [1.82, 2.24) is 5.32 Å². The highest BCUT2D eigenvalue weighted by Crippen LogP contribution is 2.51. The van der Waals surface area contributed by atoms with E-state index in [-0.39, 0.29) is 29.7 Å². The van der Waals surface area contributed by atoms with Gasteiger partial charge in [0.15, 0.2) is 17.2 Å². The number of nitrogens with one attached hydrogen (secondary N) is 1. The van der Waals surface area contributed by atoms with Crippen LogP contribution in [0.4, 0.5) is 0 Å². The van der Waals surface area contributed by atoms with Crippen molar-refractivity contribution < 1.29 is 34.8 Å². The summed E-state index contributed by atoms with van der Waals surface area (Å²) in [6.07, 6.45) is 0.0187. The summed E-state index contributed by atoms with van der Waals surface area (Å²) < 4.78 is 0. The Morgan fingerprint density at radius 1 is 1.26 bits per heavy atom. The third-order valence-corrected chi connectivity index (χ3v) is 7.87. The number of Topliss-reactive ketones (excluding diaryl/α,β-unsaturated/α-hetero) is 2. The van der Waals surface area contributed by atoms with E-state index in [0.29, 0.717) is 24.4 Å². The average molecular weight is 473 g/mol. The van der Waals surface area contributed by atoms with Gasteiger partial charge in [0, 0.05) is 18.0 Å². The summed E-state index contributed by atoms with van der Waals surface area (Å²) in [4.78, 5) is 38.3. The summed E-state index contributed by atoms with van der Waals surface area (Å²) in [5.41, 5.74) is 4.24. The van der Waals surface area contributed by atoms with E-state index < -0.39 is 52.7 Å². The van der Waals surface area contributed by atoms with Crippen molar-refractivity contribution in [1.29, 1.82) is 0 Å². The van der Waals surface area contributed by atoms with Crippen LogP contribution in [0.15, 0.2) is 23.5 Å². The highest BCUT2D eigenvalue weighted by Gasteiger charge is 2.62. The van der Waals surface area contributed by atoms with E-state index in [1.54, 1.807) is 6.07 Å². The quantitative estimate of drug-likeness (QED) is 0.331. The van der Waals surface area contributed by atoms with Gasteiger partial charge in [-0.05, 0) is 54.8 Å². The smallest absolute Gasteiger partial charge is 0.230 e. The number of phenols is 1. The van der Waals surface area contributed by atoms with E-state index in [9.17, 15) is 34.8 Å². The number of carbonyl (C=O) groups excluding carboxylic acids is 3. The molecule has 0 heterocycles. The molecule has 1 aromatic carbocycles. The van der Waals surface area contributed by atoms with Crippen LogP contribution in [0.5, 0.6) is 5.75 Å². The molecule has 4 rings (SSSR count). The van der Waals surface area contributed by atoms with Crippen LogP contribution in [0.25, 0.3) is 0 Å². The molecule has 0 aliphatic heterocycles. The molecule has 1 aromatic rings. The zero-order valence-corrected chi connectivity index (χ0v) is 19.4. The molecular weight excluding hydrogens is 440 g/mol. The van der Waals surface area contributed by atoms with Gasteiger partial charge in [-0.3, -0.25) is 14.4 Å². The van der Waals surface area contributed by atoms with Gasteiger partial charge >= 0.3 is 0 Å². The van der Waals surface area contributed by atoms with Gasteiger partial charge in [-0.15, -0.1) is 0 Å². The van der Waals surface area contributed by atoms with Crippen LogP contribution in [-0.2, 0) is 22.6 Å². The minimum atomic E-state index is -2.48. The predicted molar refractivity (Wildman–Crippen MR) is 122 cm³/mol. The number of ketones is 2. The van der Waals surface area contributed by atoms with E-state index in [2.05, 4.69) is 19.2 Å². The first-order valence-corrected chi connectivity index (χ1v) is 11.8. The lowest BCUT2D eigenvalue weighted by atomic mass is 9.57. The lowest BCUT2D eigenvalue weighted by molar-refractivity contribution is -0.167. The zero-order chi connectivity index (χ0) is 24.9. The van der Waals surface area contributed by atoms with Gasteiger partial charge in [0.2, 0.25) is 5.91 Å². The number of carbonyl (C=O) groups is 3. The first-order valence-electron chi connectivity index (χ1n) is 11.8. The Hall–Kier alpha value is -2.75. The van der Waals surface area contributed by atoms with E-state index in [0.717, 1.165) is 18.5 Å².